The van der Waals surface area contributed by atoms with E-state index in [1.54, 1.807) is 37.6 Å². The molecule has 10 nitrogen and oxygen atoms in total. The van der Waals surface area contributed by atoms with E-state index in [-0.39, 0.29) is 18.4 Å². The first kappa shape index (κ1) is 32.5. The highest BCUT2D eigenvalue weighted by atomic mass is 35.5. The number of methoxy groups -OCH3 is 1. The summed E-state index contributed by atoms with van der Waals surface area (Å²) in [4.78, 5) is 37.9. The zero-order valence-corrected chi connectivity index (χ0v) is 23.6. The molecule has 0 aliphatic heterocycles. The van der Waals surface area contributed by atoms with Crippen LogP contribution < -0.4 is 26.4 Å². The lowest BCUT2D eigenvalue weighted by Crippen LogP contribution is -2.33. The van der Waals surface area contributed by atoms with Gasteiger partial charge in [0, 0.05) is 47.0 Å². The second-order valence-corrected chi connectivity index (χ2v) is 9.41. The van der Waals surface area contributed by atoms with Crippen LogP contribution in [0.25, 0.3) is 10.8 Å². The maximum absolute atomic E-state index is 13.5. The van der Waals surface area contributed by atoms with Gasteiger partial charge >= 0.3 is 12.1 Å². The Morgan fingerprint density at radius 3 is 2.42 bits per heavy atom. The number of nitrogens with two attached hydrogens (primary N) is 1. The van der Waals surface area contributed by atoms with E-state index in [0.717, 1.165) is 16.3 Å². The lowest BCUT2D eigenvalue weighted by atomic mass is 10.0. The number of aliphatic carboxylic acids is 1. The molecule has 0 bridgehead atoms. The number of amides is 2. The van der Waals surface area contributed by atoms with Crippen LogP contribution in [0.5, 0.6) is 5.75 Å². The molecule has 6 N–H and O–H groups in total. The summed E-state index contributed by atoms with van der Waals surface area (Å²) in [5.74, 6) is -2.20. The van der Waals surface area contributed by atoms with Crippen molar-refractivity contribution in [2.75, 3.05) is 23.5 Å². The minimum atomic E-state index is -5.08. The Morgan fingerprint density at radius 1 is 1.05 bits per heavy atom. The summed E-state index contributed by atoms with van der Waals surface area (Å²) in [7, 11) is 1.55. The number of nitrogens with zero attached hydrogens (tertiary/aromatic N) is 1. The van der Waals surface area contributed by atoms with Gasteiger partial charge in [-0.15, -0.1) is 0 Å². The fourth-order valence-corrected chi connectivity index (χ4v) is 4.09. The summed E-state index contributed by atoms with van der Waals surface area (Å²) in [5, 5.41) is 18.3. The molecule has 4 rings (SSSR count). The minimum Gasteiger partial charge on any atom is -0.497 e. The number of halogens is 4. The molecule has 1 heterocycles. The second-order valence-electron chi connectivity index (χ2n) is 9.00. The van der Waals surface area contributed by atoms with E-state index >= 15 is 0 Å². The van der Waals surface area contributed by atoms with Crippen LogP contribution in [-0.2, 0) is 20.9 Å². The Morgan fingerprint density at radius 2 is 1.77 bits per heavy atom. The fourth-order valence-electron chi connectivity index (χ4n) is 3.87. The van der Waals surface area contributed by atoms with E-state index in [9.17, 15) is 22.8 Å². The summed E-state index contributed by atoms with van der Waals surface area (Å²) >= 11 is 6.52. The fraction of sp³-hybridized carbons (Fsp3) is 0.172. The van der Waals surface area contributed by atoms with Crippen molar-refractivity contribution in [1.82, 2.24) is 10.3 Å². The van der Waals surface area contributed by atoms with Crippen molar-refractivity contribution in [3.63, 3.8) is 0 Å². The molecule has 3 aromatic carbocycles. The number of aromatic nitrogens is 1. The van der Waals surface area contributed by atoms with Crippen LogP contribution in [0.15, 0.2) is 72.9 Å². The molecule has 43 heavy (non-hydrogen) atoms. The molecular formula is C29H27ClF3N5O5. The number of carbonyl (C=O) groups excluding carboxylic acids is 2. The normalized spacial score (nSPS) is 11.5. The van der Waals surface area contributed by atoms with Crippen molar-refractivity contribution >= 4 is 57.3 Å². The Balaban J connectivity index is 0.000000646. The number of anilines is 3. The highest BCUT2D eigenvalue weighted by molar-refractivity contribution is 6.31. The number of ether oxygens (including phenoxy) is 1. The molecule has 1 atom stereocenters. The Kier molecular flexibility index (Phi) is 10.7. The van der Waals surface area contributed by atoms with Crippen LogP contribution in [0.1, 0.15) is 24.1 Å². The number of hydrogen-bond acceptors (Lipinski definition) is 7. The zero-order chi connectivity index (χ0) is 31.7. The van der Waals surface area contributed by atoms with E-state index in [0.29, 0.717) is 33.5 Å². The minimum absolute atomic E-state index is 0.166. The summed E-state index contributed by atoms with van der Waals surface area (Å²) < 4.78 is 37.1. The predicted molar refractivity (Wildman–Crippen MR) is 157 cm³/mol. The Labute approximate surface area is 249 Å². The molecule has 0 radical (unpaired) electrons. The number of alkyl halides is 3. The van der Waals surface area contributed by atoms with Crippen molar-refractivity contribution < 1.29 is 37.4 Å². The van der Waals surface area contributed by atoms with E-state index in [1.807, 2.05) is 42.5 Å². The molecule has 1 aromatic heterocycles. The summed E-state index contributed by atoms with van der Waals surface area (Å²) in [5.41, 5.74) is 8.74. The van der Waals surface area contributed by atoms with Gasteiger partial charge < -0.3 is 31.5 Å². The van der Waals surface area contributed by atoms with Gasteiger partial charge in [0.05, 0.1) is 7.11 Å². The molecule has 0 spiro atoms. The van der Waals surface area contributed by atoms with E-state index in [2.05, 4.69) is 20.9 Å². The third-order valence-corrected chi connectivity index (χ3v) is 6.18. The van der Waals surface area contributed by atoms with Gasteiger partial charge in [0.25, 0.3) is 0 Å². The van der Waals surface area contributed by atoms with E-state index in [4.69, 9.17) is 32.0 Å². The standard InChI is InChI=1S/C27H26ClN5O3.C2HF3O2/c1-16(34)32-19-5-3-4-17(12-19)15-31-27(35)25(23-14-21(36-2)7-9-24(23)28)33-20-6-8-22-18(13-20)10-11-30-26(22)29;3-2(4,5)1(6)7/h3-14,25,33H,15H2,1-2H3,(H2,29,30)(H,31,35)(H,32,34);(H,6,7). The SMILES string of the molecule is COc1ccc(Cl)c(C(Nc2ccc3c(N)nccc3c2)C(=O)NCc2cccc(NC(C)=O)c2)c1.O=C(O)C(F)(F)F. The quantitative estimate of drug-likeness (QED) is 0.173. The first-order valence-electron chi connectivity index (χ1n) is 12.5. The van der Waals surface area contributed by atoms with Crippen LogP contribution >= 0.6 is 11.6 Å². The number of nitrogen functional groups attached to an aromatic ring is 1. The third kappa shape index (κ3) is 9.23. The van der Waals surface area contributed by atoms with Gasteiger partial charge in [-0.05, 0) is 65.5 Å². The largest absolute Gasteiger partial charge is 0.497 e. The maximum atomic E-state index is 13.5. The smallest absolute Gasteiger partial charge is 0.490 e. The van der Waals surface area contributed by atoms with Crippen molar-refractivity contribution in [3.8, 4) is 5.75 Å². The van der Waals surface area contributed by atoms with Crippen molar-refractivity contribution in [1.29, 1.82) is 0 Å². The molecule has 2 amide bonds. The molecule has 226 valence electrons. The molecule has 0 fully saturated rings. The highest BCUT2D eigenvalue weighted by Gasteiger charge is 2.38. The number of pyridine rings is 1. The molecule has 0 aliphatic carbocycles. The van der Waals surface area contributed by atoms with Crippen LogP contribution in [0.4, 0.5) is 30.4 Å². The third-order valence-electron chi connectivity index (χ3n) is 5.84. The molecule has 1 unspecified atom stereocenters. The average Bonchev–Trinajstić information content (AvgIpc) is 2.95. The number of carboxylic acid groups (broad SMARTS) is 1. The van der Waals surface area contributed by atoms with E-state index < -0.39 is 18.2 Å². The van der Waals surface area contributed by atoms with Gasteiger partial charge in [0.2, 0.25) is 11.8 Å². The summed E-state index contributed by atoms with van der Waals surface area (Å²) in [6.45, 7) is 1.70. The van der Waals surface area contributed by atoms with Crippen LogP contribution in [0, 0.1) is 0 Å². The maximum Gasteiger partial charge on any atom is 0.490 e. The first-order chi connectivity index (χ1) is 20.3. The number of carbonyl (C=O) groups is 3. The summed E-state index contributed by atoms with van der Waals surface area (Å²) in [6.07, 6.45) is -3.44. The van der Waals surface area contributed by atoms with Gasteiger partial charge in [-0.2, -0.15) is 13.2 Å². The lowest BCUT2D eigenvalue weighted by molar-refractivity contribution is -0.192. The molecule has 0 saturated carbocycles. The van der Waals surface area contributed by atoms with Crippen molar-refractivity contribution in [3.05, 3.63) is 89.1 Å². The number of nitrogens with one attached hydrogen (secondary N) is 3. The van der Waals surface area contributed by atoms with Crippen molar-refractivity contribution in [2.45, 2.75) is 25.7 Å². The van der Waals surface area contributed by atoms with Gasteiger partial charge in [-0.25, -0.2) is 9.78 Å². The number of carboxylic acids is 1. The molecule has 4 aromatic rings. The number of hydrogen-bond donors (Lipinski definition) is 5. The molecule has 0 saturated heterocycles. The van der Waals surface area contributed by atoms with Crippen LogP contribution in [-0.4, -0.2) is 41.2 Å². The summed E-state index contributed by atoms with van der Waals surface area (Å²) in [6, 6.07) is 19.1. The van der Waals surface area contributed by atoms with Crippen molar-refractivity contribution in [2.24, 2.45) is 0 Å². The van der Waals surface area contributed by atoms with Gasteiger partial charge in [0.1, 0.15) is 17.6 Å². The van der Waals surface area contributed by atoms with Gasteiger partial charge in [-0.3, -0.25) is 9.59 Å². The number of benzene rings is 3. The lowest BCUT2D eigenvalue weighted by Gasteiger charge is -2.22. The average molecular weight is 618 g/mol. The molecular weight excluding hydrogens is 591 g/mol. The van der Waals surface area contributed by atoms with E-state index in [1.165, 1.54) is 6.92 Å². The Hall–Kier alpha value is -5.04. The number of fused-ring (bicyclic) bond motifs is 1. The Bertz CT molecular complexity index is 1630. The highest BCUT2D eigenvalue weighted by Crippen LogP contribution is 2.31. The second kappa shape index (κ2) is 14.2. The van der Waals surface area contributed by atoms with Crippen LogP contribution in [0.2, 0.25) is 5.02 Å². The van der Waals surface area contributed by atoms with Gasteiger partial charge in [0.15, 0.2) is 0 Å². The van der Waals surface area contributed by atoms with Crippen LogP contribution in [0.3, 0.4) is 0 Å². The number of rotatable bonds is 8. The monoisotopic (exact) mass is 617 g/mol. The molecule has 0 aliphatic rings. The molecule has 14 heteroatoms. The topological polar surface area (TPSA) is 156 Å². The van der Waals surface area contributed by atoms with Gasteiger partial charge in [-0.1, -0.05) is 23.7 Å². The first-order valence-corrected chi connectivity index (χ1v) is 12.8. The predicted octanol–water partition coefficient (Wildman–Crippen LogP) is 5.54. The zero-order valence-electron chi connectivity index (χ0n) is 22.8.